The van der Waals surface area contributed by atoms with E-state index in [9.17, 15) is 0 Å². The van der Waals surface area contributed by atoms with Crippen molar-refractivity contribution in [3.63, 3.8) is 0 Å². The van der Waals surface area contributed by atoms with E-state index in [1.807, 2.05) is 36.4 Å². The topological polar surface area (TPSA) is 73.1 Å². The van der Waals surface area contributed by atoms with Gasteiger partial charge in [-0.25, -0.2) is 0 Å². The number of rotatable bonds is 5. The number of hydrogen-bond donors (Lipinski definition) is 2. The zero-order chi connectivity index (χ0) is 23.8. The molecule has 4 aromatic rings. The first-order valence-electron chi connectivity index (χ1n) is 11.7. The average molecular weight is 473 g/mol. The van der Waals surface area contributed by atoms with Gasteiger partial charge in [-0.05, 0) is 68.9 Å². The van der Waals surface area contributed by atoms with Crippen LogP contribution in [0.5, 0.6) is 5.75 Å². The van der Waals surface area contributed by atoms with Crippen molar-refractivity contribution in [3.8, 4) is 17.0 Å². The Labute approximate surface area is 206 Å². The standard InChI is InChI=1S/C23H21N3OS.C5H11N/c1-15-8-10-18-20(12-15)22(25-26-23(18)24)19-11-9-17(28-2)13-21(19)27-14-16-6-4-3-5-7-16;1-2-4-6-5-3-1/h3-13H,14H2,1-2H3,(H2,24,26);6H,1-5H2. The van der Waals surface area contributed by atoms with E-state index in [0.717, 1.165) is 43.8 Å². The molecule has 0 aliphatic carbocycles. The number of thioether (sulfide) groups is 1. The zero-order valence-corrected chi connectivity index (χ0v) is 20.7. The van der Waals surface area contributed by atoms with Crippen LogP contribution in [0.25, 0.3) is 22.0 Å². The molecule has 0 atom stereocenters. The number of fused-ring (bicyclic) bond motifs is 1. The number of nitrogens with two attached hydrogens (primary N) is 1. The summed E-state index contributed by atoms with van der Waals surface area (Å²) in [6.45, 7) is 5.05. The van der Waals surface area contributed by atoms with Gasteiger partial charge in [0, 0.05) is 21.2 Å². The van der Waals surface area contributed by atoms with E-state index in [-0.39, 0.29) is 0 Å². The van der Waals surface area contributed by atoms with Crippen LogP contribution in [0.15, 0.2) is 71.6 Å². The molecule has 0 bridgehead atoms. The van der Waals surface area contributed by atoms with Gasteiger partial charge in [-0.2, -0.15) is 0 Å². The lowest BCUT2D eigenvalue weighted by atomic mass is 10.0. The van der Waals surface area contributed by atoms with E-state index in [4.69, 9.17) is 10.5 Å². The van der Waals surface area contributed by atoms with Gasteiger partial charge in [-0.1, -0.05) is 54.4 Å². The molecular formula is C28H32N4OS. The van der Waals surface area contributed by atoms with Crippen LogP contribution in [-0.4, -0.2) is 29.5 Å². The van der Waals surface area contributed by atoms with Gasteiger partial charge in [-0.3, -0.25) is 0 Å². The lowest BCUT2D eigenvalue weighted by Gasteiger charge is -2.14. The molecule has 1 aromatic heterocycles. The van der Waals surface area contributed by atoms with Gasteiger partial charge in [0.05, 0.1) is 0 Å². The number of piperidine rings is 1. The predicted molar refractivity (Wildman–Crippen MR) is 143 cm³/mol. The molecule has 1 aliphatic rings. The number of nitrogen functional groups attached to an aromatic ring is 1. The van der Waals surface area contributed by atoms with E-state index in [1.165, 1.54) is 32.4 Å². The summed E-state index contributed by atoms with van der Waals surface area (Å²) in [7, 11) is 0. The molecule has 0 unspecified atom stereocenters. The van der Waals surface area contributed by atoms with Gasteiger partial charge in [0.2, 0.25) is 0 Å². The normalized spacial score (nSPS) is 13.2. The molecule has 3 aromatic carbocycles. The summed E-state index contributed by atoms with van der Waals surface area (Å²) in [6.07, 6.45) is 6.27. The van der Waals surface area contributed by atoms with Crippen LogP contribution in [0.4, 0.5) is 5.82 Å². The lowest BCUT2D eigenvalue weighted by Crippen LogP contribution is -2.21. The molecule has 0 saturated carbocycles. The molecule has 5 rings (SSSR count). The van der Waals surface area contributed by atoms with Crippen molar-refractivity contribution in [2.45, 2.75) is 37.7 Å². The zero-order valence-electron chi connectivity index (χ0n) is 19.9. The summed E-state index contributed by atoms with van der Waals surface area (Å²) in [5, 5.41) is 13.8. The second-order valence-corrected chi connectivity index (χ2v) is 9.31. The second kappa shape index (κ2) is 11.9. The van der Waals surface area contributed by atoms with Crippen molar-refractivity contribution in [2.75, 3.05) is 25.1 Å². The summed E-state index contributed by atoms with van der Waals surface area (Å²) in [4.78, 5) is 1.13. The molecule has 0 radical (unpaired) electrons. The Morgan fingerprint density at radius 2 is 1.71 bits per heavy atom. The van der Waals surface area contributed by atoms with Crippen LogP contribution >= 0.6 is 11.8 Å². The minimum atomic E-state index is 0.436. The van der Waals surface area contributed by atoms with Gasteiger partial charge < -0.3 is 15.8 Å². The molecule has 1 saturated heterocycles. The predicted octanol–water partition coefficient (Wildman–Crippen LogP) is 6.25. The van der Waals surface area contributed by atoms with Gasteiger partial charge in [0.25, 0.3) is 0 Å². The number of ether oxygens (including phenoxy) is 1. The van der Waals surface area contributed by atoms with Crippen LogP contribution in [0.3, 0.4) is 0 Å². The minimum Gasteiger partial charge on any atom is -0.488 e. The minimum absolute atomic E-state index is 0.436. The first-order chi connectivity index (χ1) is 16.7. The van der Waals surface area contributed by atoms with Gasteiger partial charge in [0.15, 0.2) is 5.82 Å². The largest absolute Gasteiger partial charge is 0.488 e. The molecule has 0 amide bonds. The molecule has 34 heavy (non-hydrogen) atoms. The number of nitrogens with one attached hydrogen (secondary N) is 1. The van der Waals surface area contributed by atoms with Crippen molar-refractivity contribution in [1.82, 2.24) is 15.5 Å². The van der Waals surface area contributed by atoms with E-state index in [2.05, 4.69) is 59.0 Å². The van der Waals surface area contributed by atoms with Crippen molar-refractivity contribution in [1.29, 1.82) is 0 Å². The fraction of sp³-hybridized carbons (Fsp3) is 0.286. The van der Waals surface area contributed by atoms with Crippen LogP contribution in [0.1, 0.15) is 30.4 Å². The van der Waals surface area contributed by atoms with E-state index >= 15 is 0 Å². The summed E-state index contributed by atoms with van der Waals surface area (Å²) in [5.41, 5.74) is 10.0. The van der Waals surface area contributed by atoms with E-state index in [1.54, 1.807) is 11.8 Å². The van der Waals surface area contributed by atoms with Crippen molar-refractivity contribution >= 4 is 28.4 Å². The summed E-state index contributed by atoms with van der Waals surface area (Å²) in [5.74, 6) is 1.23. The summed E-state index contributed by atoms with van der Waals surface area (Å²) in [6, 6.07) is 22.5. The third-order valence-electron chi connectivity index (χ3n) is 5.85. The maximum Gasteiger partial charge on any atom is 0.154 e. The van der Waals surface area contributed by atoms with Crippen LogP contribution in [-0.2, 0) is 6.61 Å². The second-order valence-electron chi connectivity index (χ2n) is 8.43. The number of aryl methyl sites for hydroxylation is 1. The van der Waals surface area contributed by atoms with Crippen LogP contribution in [0, 0.1) is 6.92 Å². The highest BCUT2D eigenvalue weighted by Gasteiger charge is 2.15. The highest BCUT2D eigenvalue weighted by atomic mass is 32.2. The Morgan fingerprint density at radius 3 is 2.38 bits per heavy atom. The third kappa shape index (κ3) is 6.07. The molecule has 0 spiro atoms. The first-order valence-corrected chi connectivity index (χ1v) is 13.0. The summed E-state index contributed by atoms with van der Waals surface area (Å²) < 4.78 is 6.22. The highest BCUT2D eigenvalue weighted by molar-refractivity contribution is 7.98. The summed E-state index contributed by atoms with van der Waals surface area (Å²) >= 11 is 1.68. The molecule has 5 nitrogen and oxygen atoms in total. The van der Waals surface area contributed by atoms with Gasteiger partial charge >= 0.3 is 0 Å². The Balaban J connectivity index is 0.000000398. The number of nitrogens with zero attached hydrogens (tertiary/aromatic N) is 2. The SMILES string of the molecule is C1CCNCC1.CSc1ccc(-c2nnc(N)c3ccc(C)cc23)c(OCc2ccccc2)c1. The van der Waals surface area contributed by atoms with E-state index in [0.29, 0.717) is 12.4 Å². The fourth-order valence-corrected chi connectivity index (χ4v) is 4.40. The molecular weight excluding hydrogens is 440 g/mol. The van der Waals surface area contributed by atoms with Crippen LogP contribution in [0.2, 0.25) is 0 Å². The molecule has 1 fully saturated rings. The maximum atomic E-state index is 6.22. The lowest BCUT2D eigenvalue weighted by molar-refractivity contribution is 0.307. The number of anilines is 1. The molecule has 176 valence electrons. The van der Waals surface area contributed by atoms with Crippen molar-refractivity contribution in [2.24, 2.45) is 0 Å². The number of hydrogen-bond acceptors (Lipinski definition) is 6. The Morgan fingerprint density at radius 1 is 0.912 bits per heavy atom. The Kier molecular flexibility index (Phi) is 8.39. The van der Waals surface area contributed by atoms with Gasteiger partial charge in [-0.15, -0.1) is 22.0 Å². The molecule has 1 aliphatic heterocycles. The smallest absolute Gasteiger partial charge is 0.154 e. The van der Waals surface area contributed by atoms with Crippen molar-refractivity contribution in [3.05, 3.63) is 77.9 Å². The van der Waals surface area contributed by atoms with Gasteiger partial charge in [0.1, 0.15) is 18.1 Å². The molecule has 6 heteroatoms. The maximum absolute atomic E-state index is 6.22. The van der Waals surface area contributed by atoms with Crippen LogP contribution < -0.4 is 15.8 Å². The Hall–Kier alpha value is -3.09. The average Bonchev–Trinajstić information content (AvgIpc) is 2.89. The monoisotopic (exact) mass is 472 g/mol. The van der Waals surface area contributed by atoms with Crippen molar-refractivity contribution < 1.29 is 4.74 Å². The van der Waals surface area contributed by atoms with E-state index < -0.39 is 0 Å². The Bertz CT molecular complexity index is 1210. The molecule has 3 N–H and O–H groups in total. The highest BCUT2D eigenvalue weighted by Crippen LogP contribution is 2.37. The quantitative estimate of drug-likeness (QED) is 0.335. The third-order valence-corrected chi connectivity index (χ3v) is 6.58. The number of aromatic nitrogens is 2. The molecule has 2 heterocycles. The first kappa shape index (κ1) is 24.0. The number of benzene rings is 3. The fourth-order valence-electron chi connectivity index (χ4n) is 3.97.